The highest BCUT2D eigenvalue weighted by atomic mass is 35.5. The van der Waals surface area contributed by atoms with Gasteiger partial charge in [-0.2, -0.15) is 0 Å². The van der Waals surface area contributed by atoms with Crippen LogP contribution in [-0.4, -0.2) is 24.2 Å². The lowest BCUT2D eigenvalue weighted by Crippen LogP contribution is -2.31. The Balaban J connectivity index is 2.20. The van der Waals surface area contributed by atoms with Crippen LogP contribution in [0.5, 0.6) is 0 Å². The third-order valence-corrected chi connectivity index (χ3v) is 3.99. The summed E-state index contributed by atoms with van der Waals surface area (Å²) in [6.07, 6.45) is 4.15. The smallest absolute Gasteiger partial charge is 0.303 e. The van der Waals surface area contributed by atoms with Crippen LogP contribution in [0.25, 0.3) is 0 Å². The highest BCUT2D eigenvalue weighted by molar-refractivity contribution is 6.30. The van der Waals surface area contributed by atoms with Crippen molar-refractivity contribution in [2.45, 2.75) is 38.1 Å². The lowest BCUT2D eigenvalue weighted by atomic mass is 9.99. The van der Waals surface area contributed by atoms with E-state index in [2.05, 4.69) is 4.90 Å². The molecule has 1 aliphatic rings. The first-order chi connectivity index (χ1) is 9.58. The number of hydrogen-bond donors (Lipinski definition) is 2. The lowest BCUT2D eigenvalue weighted by Gasteiger charge is -2.32. The zero-order valence-electron chi connectivity index (χ0n) is 11.5. The van der Waals surface area contributed by atoms with Gasteiger partial charge in [-0.15, -0.1) is 0 Å². The largest absolute Gasteiger partial charge is 0.481 e. The van der Waals surface area contributed by atoms with Gasteiger partial charge in [-0.3, -0.25) is 4.79 Å². The van der Waals surface area contributed by atoms with Gasteiger partial charge in [0.05, 0.1) is 0 Å². The Morgan fingerprint density at radius 2 is 2.05 bits per heavy atom. The molecule has 0 amide bonds. The predicted octanol–water partition coefficient (Wildman–Crippen LogP) is 3.19. The van der Waals surface area contributed by atoms with E-state index in [9.17, 15) is 4.79 Å². The molecule has 0 aliphatic carbocycles. The molecule has 110 valence electrons. The number of halogens is 1. The van der Waals surface area contributed by atoms with Crippen molar-refractivity contribution in [1.29, 1.82) is 0 Å². The van der Waals surface area contributed by atoms with Crippen LogP contribution in [0.3, 0.4) is 0 Å². The molecule has 20 heavy (non-hydrogen) atoms. The molecule has 0 saturated carbocycles. The number of carboxylic acid groups (broad SMARTS) is 1. The lowest BCUT2D eigenvalue weighted by molar-refractivity contribution is -0.137. The number of rotatable bonds is 5. The maximum absolute atomic E-state index is 10.7. The molecule has 4 nitrogen and oxygen atoms in total. The first kappa shape index (κ1) is 15.1. The van der Waals surface area contributed by atoms with Crippen LogP contribution in [0.2, 0.25) is 5.02 Å². The molecule has 0 spiro atoms. The Labute approximate surface area is 124 Å². The summed E-state index contributed by atoms with van der Waals surface area (Å²) in [6, 6.07) is 5.46. The van der Waals surface area contributed by atoms with Gasteiger partial charge in [0.1, 0.15) is 0 Å². The monoisotopic (exact) mass is 296 g/mol. The fraction of sp³-hybridized carbons (Fsp3) is 0.533. The van der Waals surface area contributed by atoms with Crippen LogP contribution >= 0.6 is 11.6 Å². The summed E-state index contributed by atoms with van der Waals surface area (Å²) in [5, 5.41) is 9.43. The maximum Gasteiger partial charge on any atom is 0.303 e. The van der Waals surface area contributed by atoms with Gasteiger partial charge in [0.25, 0.3) is 0 Å². The molecule has 1 unspecified atom stereocenters. The quantitative estimate of drug-likeness (QED) is 0.875. The predicted molar refractivity (Wildman–Crippen MR) is 81.3 cm³/mol. The van der Waals surface area contributed by atoms with Crippen molar-refractivity contribution < 1.29 is 9.90 Å². The molecule has 1 aliphatic heterocycles. The topological polar surface area (TPSA) is 66.6 Å². The summed E-state index contributed by atoms with van der Waals surface area (Å²) in [7, 11) is 0. The molecule has 1 saturated heterocycles. The van der Waals surface area contributed by atoms with E-state index in [1.807, 2.05) is 18.2 Å². The average Bonchev–Trinajstić information content (AvgIpc) is 2.45. The van der Waals surface area contributed by atoms with Gasteiger partial charge in [-0.05, 0) is 49.4 Å². The maximum atomic E-state index is 10.7. The molecule has 0 radical (unpaired) electrons. The van der Waals surface area contributed by atoms with E-state index in [1.54, 1.807) is 0 Å². The van der Waals surface area contributed by atoms with Crippen LogP contribution in [0.15, 0.2) is 18.2 Å². The van der Waals surface area contributed by atoms with Crippen LogP contribution in [0, 0.1) is 0 Å². The number of carbonyl (C=O) groups is 1. The van der Waals surface area contributed by atoms with E-state index in [4.69, 9.17) is 22.4 Å². The summed E-state index contributed by atoms with van der Waals surface area (Å²) in [5.41, 5.74) is 8.23. The van der Waals surface area contributed by atoms with Crippen molar-refractivity contribution in [3.05, 3.63) is 28.8 Å². The molecule has 3 N–H and O–H groups in total. The highest BCUT2D eigenvalue weighted by Crippen LogP contribution is 2.32. The Bertz CT molecular complexity index is 473. The van der Waals surface area contributed by atoms with Crippen molar-refractivity contribution in [2.75, 3.05) is 18.0 Å². The summed E-state index contributed by atoms with van der Waals surface area (Å²) in [6.45, 7) is 2.06. The van der Waals surface area contributed by atoms with Gasteiger partial charge < -0.3 is 15.7 Å². The minimum Gasteiger partial charge on any atom is -0.481 e. The van der Waals surface area contributed by atoms with E-state index >= 15 is 0 Å². The standard InChI is InChI=1S/C15H21ClN2O2/c16-11-4-6-14(18-8-2-1-3-9-18)12(10-11)13(17)5-7-15(19)20/h4,6,10,13H,1-3,5,7-9,17H2,(H,19,20). The van der Waals surface area contributed by atoms with Crippen LogP contribution < -0.4 is 10.6 Å². The Kier molecular flexibility index (Phi) is 5.26. The second kappa shape index (κ2) is 6.95. The van der Waals surface area contributed by atoms with Crippen molar-refractivity contribution in [3.63, 3.8) is 0 Å². The first-order valence-electron chi connectivity index (χ1n) is 7.09. The highest BCUT2D eigenvalue weighted by Gasteiger charge is 2.19. The molecule has 1 fully saturated rings. The third kappa shape index (κ3) is 3.87. The van der Waals surface area contributed by atoms with E-state index in [-0.39, 0.29) is 12.5 Å². The Morgan fingerprint density at radius 1 is 1.35 bits per heavy atom. The van der Waals surface area contributed by atoms with Gasteiger partial charge in [0.15, 0.2) is 0 Å². The number of benzene rings is 1. The van der Waals surface area contributed by atoms with E-state index in [0.717, 1.165) is 24.3 Å². The summed E-state index contributed by atoms with van der Waals surface area (Å²) < 4.78 is 0. The van der Waals surface area contributed by atoms with E-state index < -0.39 is 5.97 Å². The van der Waals surface area contributed by atoms with E-state index in [1.165, 1.54) is 19.3 Å². The number of carboxylic acids is 1. The third-order valence-electron chi connectivity index (χ3n) is 3.76. The minimum absolute atomic E-state index is 0.0765. The molecular formula is C15H21ClN2O2. The van der Waals surface area contributed by atoms with Gasteiger partial charge in [0, 0.05) is 36.3 Å². The molecule has 1 aromatic carbocycles. The number of anilines is 1. The minimum atomic E-state index is -0.818. The molecule has 1 heterocycles. The zero-order chi connectivity index (χ0) is 14.5. The molecule has 2 rings (SSSR count). The van der Waals surface area contributed by atoms with Gasteiger partial charge >= 0.3 is 5.97 Å². The van der Waals surface area contributed by atoms with Crippen LogP contribution in [0.4, 0.5) is 5.69 Å². The van der Waals surface area contributed by atoms with Gasteiger partial charge in [0.2, 0.25) is 0 Å². The number of hydrogen-bond acceptors (Lipinski definition) is 3. The number of aliphatic carboxylic acids is 1. The zero-order valence-corrected chi connectivity index (χ0v) is 12.3. The SMILES string of the molecule is NC(CCC(=O)O)c1cc(Cl)ccc1N1CCCCC1. The Hall–Kier alpha value is -1.26. The molecule has 1 aromatic rings. The van der Waals surface area contributed by atoms with Crippen LogP contribution in [-0.2, 0) is 4.79 Å². The second-order valence-corrected chi connectivity index (χ2v) is 5.73. The normalized spacial score (nSPS) is 17.0. The summed E-state index contributed by atoms with van der Waals surface area (Å²) >= 11 is 6.07. The molecular weight excluding hydrogens is 276 g/mol. The van der Waals surface area contributed by atoms with Crippen molar-refractivity contribution in [2.24, 2.45) is 5.73 Å². The fourth-order valence-corrected chi connectivity index (χ4v) is 2.86. The number of piperidine rings is 1. The molecule has 1 atom stereocenters. The van der Waals surface area contributed by atoms with Crippen molar-refractivity contribution >= 4 is 23.3 Å². The number of nitrogens with zero attached hydrogens (tertiary/aromatic N) is 1. The number of nitrogens with two attached hydrogens (primary N) is 1. The summed E-state index contributed by atoms with van der Waals surface area (Å²) in [5.74, 6) is -0.818. The molecule has 0 aromatic heterocycles. The fourth-order valence-electron chi connectivity index (χ4n) is 2.68. The molecule has 5 heteroatoms. The van der Waals surface area contributed by atoms with Crippen LogP contribution in [0.1, 0.15) is 43.7 Å². The van der Waals surface area contributed by atoms with Crippen molar-refractivity contribution in [3.8, 4) is 0 Å². The average molecular weight is 297 g/mol. The first-order valence-corrected chi connectivity index (χ1v) is 7.47. The Morgan fingerprint density at radius 3 is 2.70 bits per heavy atom. The van der Waals surface area contributed by atoms with Crippen molar-refractivity contribution in [1.82, 2.24) is 0 Å². The van der Waals surface area contributed by atoms with E-state index in [0.29, 0.717) is 11.4 Å². The van der Waals surface area contributed by atoms with Gasteiger partial charge in [-0.1, -0.05) is 11.6 Å². The molecule has 0 bridgehead atoms. The van der Waals surface area contributed by atoms with Gasteiger partial charge in [-0.25, -0.2) is 0 Å². The second-order valence-electron chi connectivity index (χ2n) is 5.29. The summed E-state index contributed by atoms with van der Waals surface area (Å²) in [4.78, 5) is 13.0.